The Balaban J connectivity index is 1.70. The van der Waals surface area contributed by atoms with Crippen LogP contribution in [0.2, 0.25) is 0 Å². The number of nitro benzene ring substituents is 1. The Morgan fingerprint density at radius 2 is 1.95 bits per heavy atom. The molecule has 0 saturated heterocycles. The highest BCUT2D eigenvalue weighted by molar-refractivity contribution is 7.99. The number of H-pyrrole nitrogens is 1. The summed E-state index contributed by atoms with van der Waals surface area (Å²) in [4.78, 5) is 62.4. The Morgan fingerprint density at radius 1 is 1.20 bits per heavy atom. The maximum atomic E-state index is 13.9. The minimum atomic E-state index is -0.769. The van der Waals surface area contributed by atoms with Gasteiger partial charge in [0.1, 0.15) is 0 Å². The average molecular weight is 590 g/mol. The van der Waals surface area contributed by atoms with Crippen LogP contribution in [0.1, 0.15) is 36.7 Å². The number of allylic oxidation sites excluding steroid dienone is 1. The van der Waals surface area contributed by atoms with Crippen molar-refractivity contribution in [3.05, 3.63) is 123 Å². The molecule has 0 spiro atoms. The monoisotopic (exact) mass is 589 g/mol. The third-order valence-electron chi connectivity index (χ3n) is 6.18. The third kappa shape index (κ3) is 5.67. The Morgan fingerprint density at radius 3 is 2.63 bits per heavy atom. The summed E-state index contributed by atoms with van der Waals surface area (Å²) in [5.74, 6) is -0.561. The van der Waals surface area contributed by atoms with E-state index in [9.17, 15) is 24.5 Å². The lowest BCUT2D eigenvalue weighted by molar-refractivity contribution is -0.384. The average Bonchev–Trinajstić information content (AvgIpc) is 3.22. The molecule has 11 nitrogen and oxygen atoms in total. The zero-order chi connectivity index (χ0) is 29.3. The minimum absolute atomic E-state index is 0.163. The molecule has 13 heteroatoms. The van der Waals surface area contributed by atoms with Gasteiger partial charge in [0, 0.05) is 28.8 Å². The van der Waals surface area contributed by atoms with E-state index in [0.29, 0.717) is 37.4 Å². The number of nitrogens with zero attached hydrogens (tertiary/aromatic N) is 4. The van der Waals surface area contributed by atoms with E-state index in [2.05, 4.69) is 15.0 Å². The number of aryl methyl sites for hydroxylation is 1. The van der Waals surface area contributed by atoms with Crippen LogP contribution in [0.15, 0.2) is 90.5 Å². The second-order valence-corrected chi connectivity index (χ2v) is 11.0. The summed E-state index contributed by atoms with van der Waals surface area (Å²) in [5, 5.41) is 11.9. The van der Waals surface area contributed by atoms with Gasteiger partial charge in [-0.2, -0.15) is 0 Å². The lowest BCUT2D eigenvalue weighted by Crippen LogP contribution is -2.39. The maximum Gasteiger partial charge on any atom is 0.338 e. The van der Waals surface area contributed by atoms with E-state index in [4.69, 9.17) is 4.74 Å². The molecule has 208 valence electrons. The fourth-order valence-corrected chi connectivity index (χ4v) is 6.40. The van der Waals surface area contributed by atoms with Crippen LogP contribution in [-0.4, -0.2) is 32.0 Å². The lowest BCUT2D eigenvalue weighted by Gasteiger charge is -2.24. The fourth-order valence-electron chi connectivity index (χ4n) is 4.44. The summed E-state index contributed by atoms with van der Waals surface area (Å²) in [6.07, 6.45) is 1.55. The number of carbonyl (C=O) groups is 1. The second kappa shape index (κ2) is 11.5. The van der Waals surface area contributed by atoms with Gasteiger partial charge in [0.15, 0.2) is 9.96 Å². The molecule has 41 heavy (non-hydrogen) atoms. The van der Waals surface area contributed by atoms with E-state index < -0.39 is 22.5 Å². The first-order valence-corrected chi connectivity index (χ1v) is 14.1. The van der Waals surface area contributed by atoms with Gasteiger partial charge < -0.3 is 9.72 Å². The predicted molar refractivity (Wildman–Crippen MR) is 154 cm³/mol. The normalized spacial score (nSPS) is 14.9. The van der Waals surface area contributed by atoms with Gasteiger partial charge >= 0.3 is 5.97 Å². The van der Waals surface area contributed by atoms with Crippen LogP contribution in [0.25, 0.3) is 6.08 Å². The molecule has 0 aliphatic carbocycles. The summed E-state index contributed by atoms with van der Waals surface area (Å²) < 4.78 is 7.02. The van der Waals surface area contributed by atoms with Gasteiger partial charge in [0.2, 0.25) is 0 Å². The van der Waals surface area contributed by atoms with Crippen molar-refractivity contribution >= 4 is 40.8 Å². The van der Waals surface area contributed by atoms with Gasteiger partial charge in [0.05, 0.1) is 33.4 Å². The highest BCUT2D eigenvalue weighted by Gasteiger charge is 2.33. The van der Waals surface area contributed by atoms with Gasteiger partial charge in [-0.25, -0.2) is 14.8 Å². The quantitative estimate of drug-likeness (QED) is 0.149. The van der Waals surface area contributed by atoms with Gasteiger partial charge in [0.25, 0.3) is 16.8 Å². The number of non-ortho nitro benzene ring substituents is 1. The number of carbonyl (C=O) groups excluding carboxylic acids is 1. The van der Waals surface area contributed by atoms with Crippen LogP contribution in [0.5, 0.6) is 0 Å². The van der Waals surface area contributed by atoms with E-state index in [1.807, 2.05) is 30.3 Å². The maximum absolute atomic E-state index is 13.9. The Kier molecular flexibility index (Phi) is 7.81. The highest BCUT2D eigenvalue weighted by Crippen LogP contribution is 2.32. The van der Waals surface area contributed by atoms with Gasteiger partial charge in [-0.05, 0) is 44.0 Å². The first-order valence-electron chi connectivity index (χ1n) is 12.4. The first kappa shape index (κ1) is 27.9. The molecular weight excluding hydrogens is 566 g/mol. The number of benzene rings is 2. The molecule has 1 aliphatic heterocycles. The summed E-state index contributed by atoms with van der Waals surface area (Å²) in [6.45, 7) is 5.25. The number of rotatable bonds is 7. The summed E-state index contributed by atoms with van der Waals surface area (Å²) in [7, 11) is 0. The minimum Gasteiger partial charge on any atom is -0.463 e. The molecule has 0 amide bonds. The first-order chi connectivity index (χ1) is 19.7. The predicted octanol–water partition coefficient (Wildman–Crippen LogP) is 3.25. The number of fused-ring (bicyclic) bond motifs is 1. The van der Waals surface area contributed by atoms with E-state index in [1.54, 1.807) is 32.9 Å². The number of thiazole rings is 1. The molecule has 4 aromatic rings. The van der Waals surface area contributed by atoms with Crippen molar-refractivity contribution in [2.45, 2.75) is 36.9 Å². The van der Waals surface area contributed by atoms with Gasteiger partial charge in [-0.1, -0.05) is 53.4 Å². The van der Waals surface area contributed by atoms with Crippen molar-refractivity contribution in [2.24, 2.45) is 4.99 Å². The molecule has 5 rings (SSSR count). The van der Waals surface area contributed by atoms with Crippen LogP contribution >= 0.6 is 23.1 Å². The number of hydrogen-bond acceptors (Lipinski definition) is 10. The molecule has 2 aromatic heterocycles. The molecule has 1 N–H and O–H groups in total. The summed E-state index contributed by atoms with van der Waals surface area (Å²) in [5.41, 5.74) is 1.40. The summed E-state index contributed by atoms with van der Waals surface area (Å²) in [6, 6.07) is 14.0. The van der Waals surface area contributed by atoms with E-state index in [-0.39, 0.29) is 28.0 Å². The molecule has 1 aliphatic rings. The molecule has 2 aromatic carbocycles. The topological polar surface area (TPSA) is 150 Å². The fraction of sp³-hybridized carbons (Fsp3) is 0.179. The SMILES string of the molecule is CCOC(=O)C1=C(C)N=c2s/c(=C/c3cc([N+](=O)[O-])ccc3Sc3nc(C)cc(=O)[nH]3)c(=O)n2C1c1ccccc1. The highest BCUT2D eigenvalue weighted by atomic mass is 32.2. The number of esters is 1. The van der Waals surface area contributed by atoms with Crippen molar-refractivity contribution in [3.8, 4) is 0 Å². The molecule has 0 radical (unpaired) electrons. The molecule has 1 unspecified atom stereocenters. The molecule has 0 bridgehead atoms. The largest absolute Gasteiger partial charge is 0.463 e. The van der Waals surface area contributed by atoms with Crippen molar-refractivity contribution in [2.75, 3.05) is 6.61 Å². The second-order valence-electron chi connectivity index (χ2n) is 8.99. The number of hydrogen-bond donors (Lipinski definition) is 1. The van der Waals surface area contributed by atoms with Crippen molar-refractivity contribution in [3.63, 3.8) is 0 Å². The Hall–Kier alpha value is -4.62. The smallest absolute Gasteiger partial charge is 0.338 e. The Bertz CT molecular complexity index is 1960. The number of ether oxygens (including phenoxy) is 1. The number of nitro groups is 1. The van der Waals surface area contributed by atoms with Crippen molar-refractivity contribution in [1.82, 2.24) is 14.5 Å². The van der Waals surface area contributed by atoms with Crippen LogP contribution in [0.4, 0.5) is 5.69 Å². The molecule has 1 atom stereocenters. The van der Waals surface area contributed by atoms with Crippen molar-refractivity contribution < 1.29 is 14.5 Å². The van der Waals surface area contributed by atoms with E-state index in [1.165, 1.54) is 22.8 Å². The standard InChI is InChI=1S/C28H23N5O6S2/c1-4-39-26(36)23-16(3)30-28-32(24(23)17-8-6-5-7-9-17)25(35)21(41-28)14-18-13-19(33(37)38)10-11-20(18)40-27-29-15(2)12-22(34)31-27/h5-14,24H,4H2,1-3H3,(H,29,31,34)/b21-14+. The zero-order valence-corrected chi connectivity index (χ0v) is 23.7. The molecule has 0 fully saturated rings. The van der Waals surface area contributed by atoms with Gasteiger partial charge in [-0.15, -0.1) is 0 Å². The molecular formula is C28H23N5O6S2. The molecule has 3 heterocycles. The zero-order valence-electron chi connectivity index (χ0n) is 22.1. The lowest BCUT2D eigenvalue weighted by atomic mass is 9.96. The summed E-state index contributed by atoms with van der Waals surface area (Å²) >= 11 is 2.22. The van der Waals surface area contributed by atoms with Crippen LogP contribution in [0, 0.1) is 17.0 Å². The Labute approximate surface area is 240 Å². The van der Waals surface area contributed by atoms with E-state index in [0.717, 1.165) is 23.1 Å². The van der Waals surface area contributed by atoms with Crippen LogP contribution < -0.4 is 20.5 Å². The van der Waals surface area contributed by atoms with Crippen LogP contribution in [0.3, 0.4) is 0 Å². The number of nitrogens with one attached hydrogen (secondary N) is 1. The van der Waals surface area contributed by atoms with E-state index >= 15 is 0 Å². The van der Waals surface area contributed by atoms with Crippen molar-refractivity contribution in [1.29, 1.82) is 0 Å². The van der Waals surface area contributed by atoms with Gasteiger partial charge in [-0.3, -0.25) is 24.3 Å². The van der Waals surface area contributed by atoms with Crippen LogP contribution in [-0.2, 0) is 9.53 Å². The number of aromatic amines is 1. The molecule has 0 saturated carbocycles. The third-order valence-corrected chi connectivity index (χ3v) is 8.14. The number of aromatic nitrogens is 3.